The van der Waals surface area contributed by atoms with Crippen LogP contribution >= 0.6 is 0 Å². The van der Waals surface area contributed by atoms with E-state index in [9.17, 15) is 8.42 Å². The lowest BCUT2D eigenvalue weighted by Gasteiger charge is -2.13. The van der Waals surface area contributed by atoms with E-state index in [0.717, 1.165) is 30.6 Å². The molecular formula is C13H20N2O2S. The molecule has 2 rings (SSSR count). The van der Waals surface area contributed by atoms with Crippen molar-refractivity contribution in [2.45, 2.75) is 25.1 Å². The van der Waals surface area contributed by atoms with Crippen LogP contribution in [-0.4, -0.2) is 39.5 Å². The van der Waals surface area contributed by atoms with Crippen molar-refractivity contribution in [3.05, 3.63) is 35.4 Å². The van der Waals surface area contributed by atoms with Crippen molar-refractivity contribution in [3.8, 4) is 0 Å². The van der Waals surface area contributed by atoms with Crippen molar-refractivity contribution in [3.63, 3.8) is 0 Å². The van der Waals surface area contributed by atoms with Crippen LogP contribution in [0.25, 0.3) is 0 Å². The third-order valence-corrected chi connectivity index (χ3v) is 4.58. The highest BCUT2D eigenvalue weighted by molar-refractivity contribution is 7.88. The van der Waals surface area contributed by atoms with Gasteiger partial charge in [-0.3, -0.25) is 0 Å². The molecule has 1 fully saturated rings. The van der Waals surface area contributed by atoms with Gasteiger partial charge >= 0.3 is 0 Å². The van der Waals surface area contributed by atoms with Crippen LogP contribution in [0.5, 0.6) is 0 Å². The van der Waals surface area contributed by atoms with Crippen LogP contribution in [0.15, 0.2) is 24.3 Å². The minimum Gasteiger partial charge on any atom is -0.305 e. The first-order chi connectivity index (χ1) is 8.44. The molecule has 1 aromatic carbocycles. The van der Waals surface area contributed by atoms with Gasteiger partial charge in [0.2, 0.25) is 10.0 Å². The van der Waals surface area contributed by atoms with E-state index in [1.54, 1.807) is 0 Å². The highest BCUT2D eigenvalue weighted by Crippen LogP contribution is 2.11. The Morgan fingerprint density at radius 3 is 2.83 bits per heavy atom. The monoisotopic (exact) mass is 268 g/mol. The fourth-order valence-electron chi connectivity index (χ4n) is 2.35. The van der Waals surface area contributed by atoms with Crippen molar-refractivity contribution in [1.29, 1.82) is 0 Å². The molecule has 1 N–H and O–H groups in total. The fourth-order valence-corrected chi connectivity index (χ4v) is 3.75. The van der Waals surface area contributed by atoms with Gasteiger partial charge < -0.3 is 4.90 Å². The smallest absolute Gasteiger partial charge is 0.216 e. The molecular weight excluding hydrogens is 248 g/mol. The van der Waals surface area contributed by atoms with Gasteiger partial charge in [0.05, 0.1) is 5.75 Å². The summed E-state index contributed by atoms with van der Waals surface area (Å²) in [6, 6.07) is 7.69. The second-order valence-corrected chi connectivity index (χ2v) is 6.87. The van der Waals surface area contributed by atoms with Gasteiger partial charge in [-0.15, -0.1) is 0 Å². The molecule has 1 aliphatic rings. The molecule has 0 amide bonds. The van der Waals surface area contributed by atoms with Crippen LogP contribution in [-0.2, 0) is 15.8 Å². The van der Waals surface area contributed by atoms with Gasteiger partial charge in [0.25, 0.3) is 0 Å². The first-order valence-corrected chi connectivity index (χ1v) is 7.84. The molecule has 1 aliphatic heterocycles. The molecule has 1 saturated heterocycles. The van der Waals surface area contributed by atoms with Gasteiger partial charge in [-0.25, -0.2) is 13.1 Å². The van der Waals surface area contributed by atoms with Gasteiger partial charge in [-0.05, 0) is 32.5 Å². The van der Waals surface area contributed by atoms with Gasteiger partial charge in [0.1, 0.15) is 0 Å². The molecule has 100 valence electrons. The van der Waals surface area contributed by atoms with E-state index in [2.05, 4.69) is 9.62 Å². The molecule has 0 aliphatic carbocycles. The second kappa shape index (κ2) is 5.38. The lowest BCUT2D eigenvalue weighted by atomic mass is 10.2. The van der Waals surface area contributed by atoms with E-state index in [1.807, 2.05) is 38.2 Å². The van der Waals surface area contributed by atoms with Crippen molar-refractivity contribution in [2.24, 2.45) is 0 Å². The van der Waals surface area contributed by atoms with Crippen molar-refractivity contribution in [2.75, 3.05) is 20.1 Å². The molecule has 1 heterocycles. The number of likely N-dealkylation sites (N-methyl/N-ethyl adjacent to an activating group) is 1. The second-order valence-electron chi connectivity index (χ2n) is 5.11. The SMILES string of the molecule is Cc1cccc(CS(=O)(=O)NC2CCN(C)C2)c1. The quantitative estimate of drug-likeness (QED) is 0.890. The van der Waals surface area contributed by atoms with Crippen LogP contribution in [0.4, 0.5) is 0 Å². The first-order valence-electron chi connectivity index (χ1n) is 6.19. The molecule has 18 heavy (non-hydrogen) atoms. The molecule has 0 aromatic heterocycles. The zero-order chi connectivity index (χ0) is 13.2. The summed E-state index contributed by atoms with van der Waals surface area (Å²) in [7, 11) is -1.23. The summed E-state index contributed by atoms with van der Waals surface area (Å²) in [5, 5.41) is 0. The normalized spacial score (nSPS) is 21.3. The summed E-state index contributed by atoms with van der Waals surface area (Å²) < 4.78 is 26.9. The summed E-state index contributed by atoms with van der Waals surface area (Å²) in [5.74, 6) is 0.0644. The van der Waals surface area contributed by atoms with Gasteiger partial charge in [-0.2, -0.15) is 0 Å². The van der Waals surface area contributed by atoms with Gasteiger partial charge in [-0.1, -0.05) is 29.8 Å². The number of rotatable bonds is 4. The van der Waals surface area contributed by atoms with Gasteiger partial charge in [0.15, 0.2) is 0 Å². The van der Waals surface area contributed by atoms with E-state index in [4.69, 9.17) is 0 Å². The minimum atomic E-state index is -3.23. The zero-order valence-corrected chi connectivity index (χ0v) is 11.7. The fraction of sp³-hybridized carbons (Fsp3) is 0.538. The van der Waals surface area contributed by atoms with Crippen LogP contribution in [0.1, 0.15) is 17.5 Å². The Balaban J connectivity index is 1.99. The molecule has 4 nitrogen and oxygen atoms in total. The summed E-state index contributed by atoms with van der Waals surface area (Å²) >= 11 is 0. The van der Waals surface area contributed by atoms with Crippen molar-refractivity contribution in [1.82, 2.24) is 9.62 Å². The zero-order valence-electron chi connectivity index (χ0n) is 10.9. The molecule has 5 heteroatoms. The molecule has 1 atom stereocenters. The van der Waals surface area contributed by atoms with Crippen molar-refractivity contribution < 1.29 is 8.42 Å². The Bertz CT molecular complexity index is 513. The Hall–Kier alpha value is -0.910. The van der Waals surface area contributed by atoms with Crippen LogP contribution in [0, 0.1) is 6.92 Å². The summed E-state index contributed by atoms with van der Waals surface area (Å²) in [6.45, 7) is 3.72. The maximum Gasteiger partial charge on any atom is 0.216 e. The summed E-state index contributed by atoms with van der Waals surface area (Å²) in [6.07, 6.45) is 0.892. The van der Waals surface area contributed by atoms with Crippen LogP contribution in [0.2, 0.25) is 0 Å². The molecule has 1 aromatic rings. The molecule has 1 unspecified atom stereocenters. The third-order valence-electron chi connectivity index (χ3n) is 3.18. The summed E-state index contributed by atoms with van der Waals surface area (Å²) in [4.78, 5) is 2.14. The Morgan fingerprint density at radius 2 is 2.22 bits per heavy atom. The van der Waals surface area contributed by atoms with Crippen LogP contribution in [0.3, 0.4) is 0 Å². The predicted octanol–water partition coefficient (Wildman–Crippen LogP) is 1.12. The van der Waals surface area contributed by atoms with Crippen LogP contribution < -0.4 is 4.72 Å². The number of aryl methyl sites for hydroxylation is 1. The first kappa shape index (κ1) is 13.5. The minimum absolute atomic E-state index is 0.0600. The average Bonchev–Trinajstić information content (AvgIpc) is 2.62. The molecule has 0 spiro atoms. The number of hydrogen-bond acceptors (Lipinski definition) is 3. The Kier molecular flexibility index (Phi) is 4.04. The lowest BCUT2D eigenvalue weighted by Crippen LogP contribution is -2.37. The molecule has 0 bridgehead atoms. The number of benzene rings is 1. The van der Waals surface area contributed by atoms with E-state index in [0.29, 0.717) is 0 Å². The predicted molar refractivity (Wildman–Crippen MR) is 72.8 cm³/mol. The number of hydrogen-bond donors (Lipinski definition) is 1. The highest BCUT2D eigenvalue weighted by atomic mass is 32.2. The van der Waals surface area contributed by atoms with E-state index in [1.165, 1.54) is 0 Å². The van der Waals surface area contributed by atoms with Crippen molar-refractivity contribution >= 4 is 10.0 Å². The van der Waals surface area contributed by atoms with E-state index < -0.39 is 10.0 Å². The maximum absolute atomic E-state index is 12.0. The number of likely N-dealkylation sites (tertiary alicyclic amines) is 1. The molecule has 0 radical (unpaired) electrons. The number of nitrogens with one attached hydrogen (secondary N) is 1. The standard InChI is InChI=1S/C13H20N2O2S/c1-11-4-3-5-12(8-11)10-18(16,17)14-13-6-7-15(2)9-13/h3-5,8,13-14H,6-7,9-10H2,1-2H3. The molecule has 0 saturated carbocycles. The van der Waals surface area contributed by atoms with Gasteiger partial charge in [0, 0.05) is 12.6 Å². The Labute approximate surface area is 109 Å². The number of nitrogens with zero attached hydrogens (tertiary/aromatic N) is 1. The lowest BCUT2D eigenvalue weighted by molar-refractivity contribution is 0.407. The number of sulfonamides is 1. The maximum atomic E-state index is 12.0. The Morgan fingerprint density at radius 1 is 1.44 bits per heavy atom. The average molecular weight is 268 g/mol. The summed E-state index contributed by atoms with van der Waals surface area (Å²) in [5.41, 5.74) is 1.93. The topological polar surface area (TPSA) is 49.4 Å². The highest BCUT2D eigenvalue weighted by Gasteiger charge is 2.24. The largest absolute Gasteiger partial charge is 0.305 e. The third kappa shape index (κ3) is 3.80. The van der Waals surface area contributed by atoms with E-state index >= 15 is 0 Å². The van der Waals surface area contributed by atoms with E-state index in [-0.39, 0.29) is 11.8 Å².